The Bertz CT molecular complexity index is 844. The number of aryl methyl sites for hydroxylation is 1. The first-order valence-corrected chi connectivity index (χ1v) is 9.40. The number of hydrogen-bond donors (Lipinski definition) is 1. The Balaban J connectivity index is 2.11. The van der Waals surface area contributed by atoms with Gasteiger partial charge in [-0.25, -0.2) is 4.99 Å². The van der Waals surface area contributed by atoms with Gasteiger partial charge in [-0.2, -0.15) is 0 Å². The molecule has 0 bridgehead atoms. The van der Waals surface area contributed by atoms with Crippen LogP contribution >= 0.6 is 22.7 Å². The van der Waals surface area contributed by atoms with Gasteiger partial charge in [0, 0.05) is 18.5 Å². The third kappa shape index (κ3) is 3.47. The minimum Gasteiger partial charge on any atom is -0.396 e. The van der Waals surface area contributed by atoms with E-state index in [0.717, 1.165) is 23.5 Å². The van der Waals surface area contributed by atoms with Crippen LogP contribution in [-0.2, 0) is 6.54 Å². The molecule has 2 heterocycles. The van der Waals surface area contributed by atoms with Gasteiger partial charge < -0.3 is 9.67 Å². The fourth-order valence-electron chi connectivity index (χ4n) is 2.45. The SMILES string of the molecule is Cc1cccc(N=c2scc(-c3cccs3)n2CCCO)c1C. The van der Waals surface area contributed by atoms with Crippen LogP contribution in [0.4, 0.5) is 5.69 Å². The Morgan fingerprint density at radius 3 is 2.74 bits per heavy atom. The number of nitrogens with zero attached hydrogens (tertiary/aromatic N) is 2. The molecule has 1 aromatic carbocycles. The van der Waals surface area contributed by atoms with E-state index in [1.54, 1.807) is 22.7 Å². The maximum Gasteiger partial charge on any atom is 0.190 e. The summed E-state index contributed by atoms with van der Waals surface area (Å²) in [7, 11) is 0. The zero-order valence-electron chi connectivity index (χ0n) is 13.3. The van der Waals surface area contributed by atoms with Crippen LogP contribution in [0.1, 0.15) is 17.5 Å². The van der Waals surface area contributed by atoms with Crippen LogP contribution in [0.2, 0.25) is 0 Å². The van der Waals surface area contributed by atoms with Gasteiger partial charge in [0.2, 0.25) is 0 Å². The third-order valence-corrected chi connectivity index (χ3v) is 5.66. The van der Waals surface area contributed by atoms with Crippen molar-refractivity contribution < 1.29 is 5.11 Å². The van der Waals surface area contributed by atoms with E-state index in [9.17, 15) is 5.11 Å². The molecule has 0 amide bonds. The first-order valence-electron chi connectivity index (χ1n) is 7.64. The van der Waals surface area contributed by atoms with Crippen molar-refractivity contribution in [2.45, 2.75) is 26.8 Å². The number of aliphatic hydroxyl groups excluding tert-OH is 1. The molecule has 0 aliphatic carbocycles. The van der Waals surface area contributed by atoms with Crippen molar-refractivity contribution >= 4 is 28.4 Å². The van der Waals surface area contributed by atoms with Crippen LogP contribution in [-0.4, -0.2) is 16.3 Å². The van der Waals surface area contributed by atoms with Crippen molar-refractivity contribution in [1.29, 1.82) is 0 Å². The summed E-state index contributed by atoms with van der Waals surface area (Å²) in [4.78, 5) is 7.11. The van der Waals surface area contributed by atoms with Crippen molar-refractivity contribution in [3.8, 4) is 10.6 Å². The van der Waals surface area contributed by atoms with Crippen molar-refractivity contribution in [1.82, 2.24) is 4.57 Å². The monoisotopic (exact) mass is 344 g/mol. The van der Waals surface area contributed by atoms with Crippen LogP contribution < -0.4 is 4.80 Å². The molecule has 3 rings (SSSR count). The molecule has 0 spiro atoms. The summed E-state index contributed by atoms with van der Waals surface area (Å²) in [5.74, 6) is 0. The van der Waals surface area contributed by atoms with Crippen LogP contribution in [0.15, 0.2) is 46.1 Å². The van der Waals surface area contributed by atoms with Crippen LogP contribution in [0, 0.1) is 13.8 Å². The van der Waals surface area contributed by atoms with Gasteiger partial charge in [0.15, 0.2) is 4.80 Å². The molecule has 0 aliphatic rings. The fourth-order valence-corrected chi connectivity index (χ4v) is 4.21. The number of thiazole rings is 1. The average molecular weight is 345 g/mol. The van der Waals surface area contributed by atoms with Gasteiger partial charge in [0.1, 0.15) is 0 Å². The molecule has 0 radical (unpaired) electrons. The maximum absolute atomic E-state index is 9.21. The van der Waals surface area contributed by atoms with Gasteiger partial charge in [0.25, 0.3) is 0 Å². The topological polar surface area (TPSA) is 37.5 Å². The van der Waals surface area contributed by atoms with Crippen molar-refractivity contribution in [2.75, 3.05) is 6.61 Å². The van der Waals surface area contributed by atoms with Gasteiger partial charge in [-0.3, -0.25) is 0 Å². The molecule has 0 unspecified atom stereocenters. The molecule has 0 saturated heterocycles. The molecule has 0 saturated carbocycles. The summed E-state index contributed by atoms with van der Waals surface area (Å²) in [5, 5.41) is 13.5. The van der Waals surface area contributed by atoms with Gasteiger partial charge in [-0.15, -0.1) is 22.7 Å². The standard InChI is InChI=1S/C18H20N2OS2/c1-13-6-3-7-15(14(13)2)19-18-20(9-5-10-21)16(12-23-18)17-8-4-11-22-17/h3-4,6-8,11-12,21H,5,9-10H2,1-2H3. The normalized spacial score (nSPS) is 12.0. The lowest BCUT2D eigenvalue weighted by atomic mass is 10.1. The second kappa shape index (κ2) is 7.25. The quantitative estimate of drug-likeness (QED) is 0.726. The molecule has 120 valence electrons. The van der Waals surface area contributed by atoms with E-state index in [4.69, 9.17) is 4.99 Å². The van der Waals surface area contributed by atoms with E-state index < -0.39 is 0 Å². The lowest BCUT2D eigenvalue weighted by Gasteiger charge is -2.07. The summed E-state index contributed by atoms with van der Waals surface area (Å²) in [6, 6.07) is 10.4. The number of hydrogen-bond acceptors (Lipinski definition) is 4. The largest absolute Gasteiger partial charge is 0.396 e. The maximum atomic E-state index is 9.21. The van der Waals surface area contributed by atoms with E-state index in [1.807, 2.05) is 6.07 Å². The Morgan fingerprint density at radius 1 is 1.13 bits per heavy atom. The van der Waals surface area contributed by atoms with Crippen LogP contribution in [0.5, 0.6) is 0 Å². The molecule has 0 atom stereocenters. The van der Waals surface area contributed by atoms with E-state index in [-0.39, 0.29) is 6.61 Å². The Hall–Kier alpha value is -1.69. The Morgan fingerprint density at radius 2 is 2.00 bits per heavy atom. The van der Waals surface area contributed by atoms with Gasteiger partial charge in [-0.05, 0) is 48.9 Å². The highest BCUT2D eigenvalue weighted by atomic mass is 32.1. The molecule has 0 aliphatic heterocycles. The number of benzene rings is 1. The third-order valence-electron chi connectivity index (χ3n) is 3.90. The zero-order chi connectivity index (χ0) is 16.2. The number of thiophene rings is 1. The molecule has 1 N–H and O–H groups in total. The molecule has 0 fully saturated rings. The lowest BCUT2D eigenvalue weighted by molar-refractivity contribution is 0.279. The van der Waals surface area contributed by atoms with E-state index in [2.05, 4.69) is 53.4 Å². The highest BCUT2D eigenvalue weighted by Crippen LogP contribution is 2.26. The smallest absolute Gasteiger partial charge is 0.190 e. The van der Waals surface area contributed by atoms with E-state index >= 15 is 0 Å². The predicted octanol–water partition coefficient (Wildman–Crippen LogP) is 4.51. The van der Waals surface area contributed by atoms with Gasteiger partial charge in [-0.1, -0.05) is 18.2 Å². The predicted molar refractivity (Wildman–Crippen MR) is 98.5 cm³/mol. The van der Waals surface area contributed by atoms with Gasteiger partial charge in [0.05, 0.1) is 16.3 Å². The Kier molecular flexibility index (Phi) is 5.10. The highest BCUT2D eigenvalue weighted by Gasteiger charge is 2.09. The first-order chi connectivity index (χ1) is 11.2. The van der Waals surface area contributed by atoms with Gasteiger partial charge >= 0.3 is 0 Å². The van der Waals surface area contributed by atoms with Crippen molar-refractivity contribution in [3.05, 3.63) is 57.0 Å². The minimum absolute atomic E-state index is 0.190. The molecule has 3 aromatic rings. The minimum atomic E-state index is 0.190. The Labute approximate surface area is 144 Å². The van der Waals surface area contributed by atoms with Crippen LogP contribution in [0.3, 0.4) is 0 Å². The first kappa shape index (κ1) is 16.2. The van der Waals surface area contributed by atoms with Crippen LogP contribution in [0.25, 0.3) is 10.6 Å². The molecule has 5 heteroatoms. The average Bonchev–Trinajstić information content (AvgIpc) is 3.19. The number of rotatable bonds is 5. The second-order valence-corrected chi connectivity index (χ2v) is 7.22. The molecule has 23 heavy (non-hydrogen) atoms. The fraction of sp³-hybridized carbons (Fsp3) is 0.278. The van der Waals surface area contributed by atoms with E-state index in [0.29, 0.717) is 0 Å². The summed E-state index contributed by atoms with van der Waals surface area (Å²) in [6.45, 7) is 5.19. The zero-order valence-corrected chi connectivity index (χ0v) is 15.0. The lowest BCUT2D eigenvalue weighted by Crippen LogP contribution is -2.16. The van der Waals surface area contributed by atoms with Crippen molar-refractivity contribution in [2.24, 2.45) is 4.99 Å². The molecule has 3 nitrogen and oxygen atoms in total. The highest BCUT2D eigenvalue weighted by molar-refractivity contribution is 7.14. The van der Waals surface area contributed by atoms with E-state index in [1.165, 1.54) is 21.7 Å². The van der Waals surface area contributed by atoms with Crippen molar-refractivity contribution in [3.63, 3.8) is 0 Å². The summed E-state index contributed by atoms with van der Waals surface area (Å²) in [6.07, 6.45) is 0.731. The second-order valence-electron chi connectivity index (χ2n) is 5.44. The summed E-state index contributed by atoms with van der Waals surface area (Å²) >= 11 is 3.39. The molecule has 2 aromatic heterocycles. The summed E-state index contributed by atoms with van der Waals surface area (Å²) in [5.41, 5.74) is 4.67. The summed E-state index contributed by atoms with van der Waals surface area (Å²) < 4.78 is 2.22. The number of aromatic nitrogens is 1. The molecular weight excluding hydrogens is 324 g/mol. The number of aliphatic hydroxyl groups is 1. The molecular formula is C18H20N2OS2.